The monoisotopic (exact) mass is 476 g/mol. The van der Waals surface area contributed by atoms with E-state index in [0.29, 0.717) is 17.9 Å². The lowest BCUT2D eigenvalue weighted by Gasteiger charge is -2.40. The molecule has 1 aliphatic heterocycles. The van der Waals surface area contributed by atoms with Crippen LogP contribution < -0.4 is 14.4 Å². The number of hydrogen-bond donors (Lipinski definition) is 1. The van der Waals surface area contributed by atoms with Crippen LogP contribution in [0.4, 0.5) is 5.69 Å². The molecule has 30 heavy (non-hydrogen) atoms. The van der Waals surface area contributed by atoms with Gasteiger partial charge in [-0.1, -0.05) is 34.5 Å². The Balaban J connectivity index is 2.16. The molecule has 2 aromatic rings. The van der Waals surface area contributed by atoms with Gasteiger partial charge >= 0.3 is 5.97 Å². The summed E-state index contributed by atoms with van der Waals surface area (Å²) in [4.78, 5) is 16.2. The number of methoxy groups -OCH3 is 2. The van der Waals surface area contributed by atoms with Gasteiger partial charge in [0, 0.05) is 24.3 Å². The van der Waals surface area contributed by atoms with Crippen molar-refractivity contribution >= 4 is 27.6 Å². The number of rotatable bonds is 7. The molecular formula is C23H29BrN2O4. The van der Waals surface area contributed by atoms with Crippen LogP contribution in [0.5, 0.6) is 11.5 Å². The SMILES string of the molecule is COc1cc(Br)c(C(c2ccc(N(C)C)cc2)N2CCCCC2C(=O)O)cc1OC. The minimum atomic E-state index is -0.777. The fourth-order valence-corrected chi connectivity index (χ4v) is 4.65. The van der Waals surface area contributed by atoms with Crippen molar-refractivity contribution in [2.45, 2.75) is 31.3 Å². The second kappa shape index (κ2) is 9.71. The Bertz CT molecular complexity index is 886. The van der Waals surface area contributed by atoms with Crippen LogP contribution in [0, 0.1) is 0 Å². The van der Waals surface area contributed by atoms with E-state index in [1.165, 1.54) is 0 Å². The number of likely N-dealkylation sites (tertiary alicyclic amines) is 1. The van der Waals surface area contributed by atoms with E-state index >= 15 is 0 Å². The Morgan fingerprint density at radius 3 is 2.33 bits per heavy atom. The fourth-order valence-electron chi connectivity index (χ4n) is 4.11. The highest BCUT2D eigenvalue weighted by Crippen LogP contribution is 2.42. The van der Waals surface area contributed by atoms with Gasteiger partial charge in [0.05, 0.1) is 20.3 Å². The highest BCUT2D eigenvalue weighted by molar-refractivity contribution is 9.10. The second-order valence-corrected chi connectivity index (χ2v) is 8.56. The topological polar surface area (TPSA) is 62.2 Å². The van der Waals surface area contributed by atoms with Crippen LogP contribution in [0.25, 0.3) is 0 Å². The van der Waals surface area contributed by atoms with E-state index in [-0.39, 0.29) is 6.04 Å². The second-order valence-electron chi connectivity index (χ2n) is 7.70. The molecule has 1 fully saturated rings. The van der Waals surface area contributed by atoms with Crippen LogP contribution in [0.15, 0.2) is 40.9 Å². The Morgan fingerprint density at radius 2 is 1.77 bits per heavy atom. The molecule has 0 aromatic heterocycles. The van der Waals surface area contributed by atoms with Crippen molar-refractivity contribution in [3.05, 3.63) is 52.0 Å². The zero-order valence-corrected chi connectivity index (χ0v) is 19.5. The van der Waals surface area contributed by atoms with Gasteiger partial charge in [-0.05, 0) is 54.8 Å². The van der Waals surface area contributed by atoms with Gasteiger partial charge < -0.3 is 19.5 Å². The maximum Gasteiger partial charge on any atom is 0.320 e. The number of carbonyl (C=O) groups is 1. The maximum absolute atomic E-state index is 12.1. The lowest BCUT2D eigenvalue weighted by Crippen LogP contribution is -2.47. The lowest BCUT2D eigenvalue weighted by atomic mass is 9.91. The number of benzene rings is 2. The first kappa shape index (κ1) is 22.4. The van der Waals surface area contributed by atoms with Crippen molar-refractivity contribution in [2.24, 2.45) is 0 Å². The van der Waals surface area contributed by atoms with Crippen molar-refractivity contribution in [3.63, 3.8) is 0 Å². The number of ether oxygens (including phenoxy) is 2. The minimum Gasteiger partial charge on any atom is -0.493 e. The first-order chi connectivity index (χ1) is 14.4. The summed E-state index contributed by atoms with van der Waals surface area (Å²) in [6.45, 7) is 0.720. The summed E-state index contributed by atoms with van der Waals surface area (Å²) in [5, 5.41) is 9.92. The van der Waals surface area contributed by atoms with Crippen LogP contribution in [0.1, 0.15) is 36.4 Å². The molecule has 2 atom stereocenters. The Morgan fingerprint density at radius 1 is 1.13 bits per heavy atom. The smallest absolute Gasteiger partial charge is 0.320 e. The standard InChI is InChI=1S/C23H29BrN2O4/c1-25(2)16-10-8-15(9-11-16)22(26-12-6-5-7-19(26)23(27)28)17-13-20(29-3)21(30-4)14-18(17)24/h8-11,13-14,19,22H,5-7,12H2,1-4H3,(H,27,28). The number of halogens is 1. The average molecular weight is 477 g/mol. The average Bonchev–Trinajstić information content (AvgIpc) is 2.75. The van der Waals surface area contributed by atoms with Gasteiger partial charge in [-0.15, -0.1) is 0 Å². The van der Waals surface area contributed by atoms with Gasteiger partial charge in [-0.2, -0.15) is 0 Å². The predicted molar refractivity (Wildman–Crippen MR) is 122 cm³/mol. The molecular weight excluding hydrogens is 448 g/mol. The van der Waals surface area contributed by atoms with E-state index in [0.717, 1.165) is 40.7 Å². The van der Waals surface area contributed by atoms with Gasteiger partial charge in [-0.25, -0.2) is 0 Å². The van der Waals surface area contributed by atoms with E-state index in [1.54, 1.807) is 14.2 Å². The fraction of sp³-hybridized carbons (Fsp3) is 0.435. The molecule has 1 heterocycles. The maximum atomic E-state index is 12.1. The van der Waals surface area contributed by atoms with Crippen molar-refractivity contribution in [1.29, 1.82) is 0 Å². The number of hydrogen-bond acceptors (Lipinski definition) is 5. The third-order valence-electron chi connectivity index (χ3n) is 5.68. The number of aliphatic carboxylic acids is 1. The zero-order valence-electron chi connectivity index (χ0n) is 17.9. The minimum absolute atomic E-state index is 0.225. The van der Waals surface area contributed by atoms with E-state index in [4.69, 9.17) is 9.47 Å². The van der Waals surface area contributed by atoms with Crippen LogP contribution in [0.2, 0.25) is 0 Å². The predicted octanol–water partition coefficient (Wildman–Crippen LogP) is 4.56. The van der Waals surface area contributed by atoms with Gasteiger partial charge in [0.15, 0.2) is 11.5 Å². The summed E-state index contributed by atoms with van der Waals surface area (Å²) < 4.78 is 11.8. The molecule has 1 saturated heterocycles. The third-order valence-corrected chi connectivity index (χ3v) is 6.37. The van der Waals surface area contributed by atoms with Crippen LogP contribution in [-0.2, 0) is 4.79 Å². The van der Waals surface area contributed by atoms with E-state index < -0.39 is 12.0 Å². The molecule has 0 radical (unpaired) electrons. The van der Waals surface area contributed by atoms with Gasteiger partial charge in [0.25, 0.3) is 0 Å². The molecule has 3 rings (SSSR count). The summed E-state index contributed by atoms with van der Waals surface area (Å²) in [5.74, 6) is 0.471. The Hall–Kier alpha value is -2.25. The van der Waals surface area contributed by atoms with Crippen molar-refractivity contribution in [2.75, 3.05) is 39.8 Å². The highest BCUT2D eigenvalue weighted by atomic mass is 79.9. The van der Waals surface area contributed by atoms with E-state index in [2.05, 4.69) is 45.1 Å². The summed E-state index contributed by atoms with van der Waals surface area (Å²) in [6.07, 6.45) is 2.54. The van der Waals surface area contributed by atoms with Crippen LogP contribution in [0.3, 0.4) is 0 Å². The van der Waals surface area contributed by atoms with Crippen molar-refractivity contribution in [1.82, 2.24) is 4.90 Å². The van der Waals surface area contributed by atoms with Gasteiger partial charge in [-0.3, -0.25) is 9.69 Å². The van der Waals surface area contributed by atoms with Gasteiger partial charge in [0.2, 0.25) is 0 Å². The lowest BCUT2D eigenvalue weighted by molar-refractivity contribution is -0.145. The highest BCUT2D eigenvalue weighted by Gasteiger charge is 2.36. The largest absolute Gasteiger partial charge is 0.493 e. The van der Waals surface area contributed by atoms with Crippen LogP contribution >= 0.6 is 15.9 Å². The van der Waals surface area contributed by atoms with Crippen molar-refractivity contribution in [3.8, 4) is 11.5 Å². The Labute approximate surface area is 186 Å². The summed E-state index contributed by atoms with van der Waals surface area (Å²) in [5.41, 5.74) is 3.09. The molecule has 0 spiro atoms. The first-order valence-corrected chi connectivity index (χ1v) is 10.8. The third kappa shape index (κ3) is 4.57. The molecule has 0 saturated carbocycles. The molecule has 0 bridgehead atoms. The molecule has 6 nitrogen and oxygen atoms in total. The van der Waals surface area contributed by atoms with E-state index in [1.807, 2.05) is 31.1 Å². The summed E-state index contributed by atoms with van der Waals surface area (Å²) in [6, 6.07) is 11.4. The normalized spacial score (nSPS) is 18.0. The van der Waals surface area contributed by atoms with Crippen molar-refractivity contribution < 1.29 is 19.4 Å². The number of carboxylic acid groups (broad SMARTS) is 1. The van der Waals surface area contributed by atoms with Gasteiger partial charge in [0.1, 0.15) is 6.04 Å². The number of anilines is 1. The molecule has 162 valence electrons. The number of carboxylic acids is 1. The Kier molecular flexibility index (Phi) is 7.26. The van der Waals surface area contributed by atoms with E-state index in [9.17, 15) is 9.90 Å². The molecule has 1 N–H and O–H groups in total. The molecule has 1 aliphatic rings. The molecule has 2 aromatic carbocycles. The zero-order chi connectivity index (χ0) is 21.8. The number of nitrogens with zero attached hydrogens (tertiary/aromatic N) is 2. The number of piperidine rings is 1. The molecule has 7 heteroatoms. The summed E-state index contributed by atoms with van der Waals surface area (Å²) >= 11 is 3.69. The quantitative estimate of drug-likeness (QED) is 0.631. The van der Waals surface area contributed by atoms with Crippen LogP contribution in [-0.4, -0.2) is 56.9 Å². The molecule has 0 amide bonds. The first-order valence-electron chi connectivity index (χ1n) is 10.0. The molecule has 0 aliphatic carbocycles. The summed E-state index contributed by atoms with van der Waals surface area (Å²) in [7, 11) is 7.22. The molecule has 2 unspecified atom stereocenters.